The first-order chi connectivity index (χ1) is 11.5. The van der Waals surface area contributed by atoms with Crippen molar-refractivity contribution in [2.45, 2.75) is 38.5 Å². The summed E-state index contributed by atoms with van der Waals surface area (Å²) in [6.45, 7) is 0.0474. The minimum absolute atomic E-state index is 0.0312. The third-order valence-electron chi connectivity index (χ3n) is 4.04. The zero-order chi connectivity index (χ0) is 17.5. The van der Waals surface area contributed by atoms with Gasteiger partial charge in [-0.1, -0.05) is 42.7 Å². The van der Waals surface area contributed by atoms with Crippen molar-refractivity contribution in [1.82, 2.24) is 0 Å². The van der Waals surface area contributed by atoms with E-state index in [1.165, 1.54) is 38.2 Å². The quantitative estimate of drug-likeness (QED) is 0.497. The molecule has 0 aliphatic heterocycles. The first-order valence-electron chi connectivity index (χ1n) is 7.85. The molecule has 1 saturated carbocycles. The van der Waals surface area contributed by atoms with E-state index < -0.39 is 16.5 Å². The average molecular weight is 351 g/mol. The maximum atomic E-state index is 11.3. The zero-order valence-corrected chi connectivity index (χ0v) is 14.0. The van der Waals surface area contributed by atoms with Crippen molar-refractivity contribution < 1.29 is 14.5 Å². The highest BCUT2D eigenvalue weighted by molar-refractivity contribution is 6.34. The van der Waals surface area contributed by atoms with Crippen LogP contribution in [0.3, 0.4) is 0 Å². The summed E-state index contributed by atoms with van der Waals surface area (Å²) >= 11 is 5.95. The molecule has 0 heterocycles. The molecule has 24 heavy (non-hydrogen) atoms. The number of nitro groups is 1. The molecule has 0 saturated heterocycles. The molecule has 128 valence electrons. The topological polar surface area (TPSA) is 95.5 Å². The molecule has 6 nitrogen and oxygen atoms in total. The Morgan fingerprint density at radius 2 is 2.04 bits per heavy atom. The van der Waals surface area contributed by atoms with Crippen molar-refractivity contribution in [3.8, 4) is 17.6 Å². The van der Waals surface area contributed by atoms with Crippen LogP contribution in [0.5, 0.6) is 5.75 Å². The van der Waals surface area contributed by atoms with Gasteiger partial charge in [0.1, 0.15) is 12.4 Å². The van der Waals surface area contributed by atoms with E-state index in [0.29, 0.717) is 5.92 Å². The van der Waals surface area contributed by atoms with Gasteiger partial charge in [0, 0.05) is 18.1 Å². The first-order valence-corrected chi connectivity index (χ1v) is 8.23. The number of amides is 1. The molecule has 7 heteroatoms. The largest absolute Gasteiger partial charge is 0.479 e. The number of hydrogen-bond acceptors (Lipinski definition) is 4. The molecule has 1 aliphatic carbocycles. The van der Waals surface area contributed by atoms with Gasteiger partial charge in [0.25, 0.3) is 5.69 Å². The number of ether oxygens (including phenoxy) is 1. The normalized spacial score (nSPS) is 14.5. The summed E-state index contributed by atoms with van der Waals surface area (Å²) in [5, 5.41) is 10.8. The van der Waals surface area contributed by atoms with Gasteiger partial charge in [-0.15, -0.1) is 0 Å². The van der Waals surface area contributed by atoms with E-state index in [0.717, 1.165) is 12.5 Å². The summed E-state index contributed by atoms with van der Waals surface area (Å²) in [5.74, 6) is 5.86. The molecule has 1 amide bonds. The predicted molar refractivity (Wildman–Crippen MR) is 91.1 cm³/mol. The van der Waals surface area contributed by atoms with Gasteiger partial charge in [-0.2, -0.15) is 0 Å². The number of hydrogen-bond donors (Lipinski definition) is 1. The molecular formula is C17H19ClN2O4. The Morgan fingerprint density at radius 3 is 2.67 bits per heavy atom. The molecule has 0 aromatic heterocycles. The molecule has 2 rings (SSSR count). The Balaban J connectivity index is 2.01. The minimum Gasteiger partial charge on any atom is -0.479 e. The number of carbonyl (C=O) groups is 1. The van der Waals surface area contributed by atoms with E-state index in [-0.39, 0.29) is 22.9 Å². The Hall–Kier alpha value is -2.26. The van der Waals surface area contributed by atoms with Gasteiger partial charge in [0.2, 0.25) is 5.91 Å². The Labute approximate surface area is 145 Å². The molecule has 1 aromatic rings. The van der Waals surface area contributed by atoms with E-state index in [9.17, 15) is 14.9 Å². The second-order valence-electron chi connectivity index (χ2n) is 5.78. The Kier molecular flexibility index (Phi) is 6.44. The van der Waals surface area contributed by atoms with Gasteiger partial charge in [-0.3, -0.25) is 14.9 Å². The lowest BCUT2D eigenvalue weighted by molar-refractivity contribution is -0.384. The van der Waals surface area contributed by atoms with Gasteiger partial charge < -0.3 is 10.5 Å². The van der Waals surface area contributed by atoms with Crippen LogP contribution in [-0.4, -0.2) is 17.4 Å². The van der Waals surface area contributed by atoms with E-state index >= 15 is 0 Å². The lowest BCUT2D eigenvalue weighted by Gasteiger charge is -2.18. The number of nitrogens with zero attached hydrogens (tertiary/aromatic N) is 1. The van der Waals surface area contributed by atoms with Crippen molar-refractivity contribution in [3.63, 3.8) is 0 Å². The number of rotatable bonds is 5. The van der Waals surface area contributed by atoms with Crippen molar-refractivity contribution >= 4 is 23.2 Å². The number of halogens is 1. The van der Waals surface area contributed by atoms with E-state index in [4.69, 9.17) is 22.1 Å². The Bertz CT molecular complexity index is 688. The van der Waals surface area contributed by atoms with Crippen LogP contribution < -0.4 is 10.5 Å². The van der Waals surface area contributed by atoms with Crippen LogP contribution in [0, 0.1) is 27.9 Å². The standard InChI is InChI=1S/C17H19ClN2O4/c18-16-14(20(22)23)10-13(17(19)21)11-15(16)24-9-5-4-8-12-6-2-1-3-7-12/h10-12H,1-3,6-9H2,(H2,19,21). The van der Waals surface area contributed by atoms with Crippen LogP contribution in [0.1, 0.15) is 48.9 Å². The third kappa shape index (κ3) is 4.87. The van der Waals surface area contributed by atoms with Gasteiger partial charge in [-0.25, -0.2) is 0 Å². The molecule has 1 fully saturated rings. The SMILES string of the molecule is NC(=O)c1cc(OCC#CCC2CCCCC2)c(Cl)c([N+](=O)[O-])c1. The fourth-order valence-electron chi connectivity index (χ4n) is 2.74. The maximum Gasteiger partial charge on any atom is 0.292 e. The molecule has 1 aromatic carbocycles. The smallest absolute Gasteiger partial charge is 0.292 e. The second-order valence-corrected chi connectivity index (χ2v) is 6.16. The Morgan fingerprint density at radius 1 is 1.33 bits per heavy atom. The highest BCUT2D eigenvalue weighted by atomic mass is 35.5. The highest BCUT2D eigenvalue weighted by Crippen LogP contribution is 2.35. The van der Waals surface area contributed by atoms with Crippen LogP contribution in [-0.2, 0) is 0 Å². The third-order valence-corrected chi connectivity index (χ3v) is 4.42. The second kappa shape index (κ2) is 8.55. The van der Waals surface area contributed by atoms with E-state index in [1.807, 2.05) is 0 Å². The molecule has 0 atom stereocenters. The fraction of sp³-hybridized carbons (Fsp3) is 0.471. The molecule has 0 spiro atoms. The summed E-state index contributed by atoms with van der Waals surface area (Å²) in [6.07, 6.45) is 7.10. The van der Waals surface area contributed by atoms with E-state index in [1.54, 1.807) is 0 Å². The molecule has 1 aliphatic rings. The van der Waals surface area contributed by atoms with Gasteiger partial charge >= 0.3 is 0 Å². The van der Waals surface area contributed by atoms with Gasteiger partial charge in [-0.05, 0) is 24.8 Å². The van der Waals surface area contributed by atoms with Crippen LogP contribution in [0.25, 0.3) is 0 Å². The maximum absolute atomic E-state index is 11.3. The van der Waals surface area contributed by atoms with Crippen molar-refractivity contribution in [2.75, 3.05) is 6.61 Å². The summed E-state index contributed by atoms with van der Waals surface area (Å²) in [4.78, 5) is 21.6. The summed E-state index contributed by atoms with van der Waals surface area (Å²) < 4.78 is 5.39. The molecular weight excluding hydrogens is 332 g/mol. The number of benzene rings is 1. The molecule has 0 bridgehead atoms. The number of nitro benzene ring substituents is 1. The summed E-state index contributed by atoms with van der Waals surface area (Å²) in [7, 11) is 0. The lowest BCUT2D eigenvalue weighted by atomic mass is 9.87. The molecule has 0 radical (unpaired) electrons. The van der Waals surface area contributed by atoms with Crippen molar-refractivity contribution in [3.05, 3.63) is 32.8 Å². The number of primary amides is 1. The van der Waals surface area contributed by atoms with Gasteiger partial charge in [0.15, 0.2) is 5.02 Å². The van der Waals surface area contributed by atoms with Crippen LogP contribution >= 0.6 is 11.6 Å². The van der Waals surface area contributed by atoms with Crippen molar-refractivity contribution in [1.29, 1.82) is 0 Å². The minimum atomic E-state index is -0.789. The lowest BCUT2D eigenvalue weighted by Crippen LogP contribution is -2.12. The monoisotopic (exact) mass is 350 g/mol. The molecule has 0 unspecified atom stereocenters. The number of nitrogens with two attached hydrogens (primary N) is 1. The van der Waals surface area contributed by atoms with Gasteiger partial charge in [0.05, 0.1) is 4.92 Å². The zero-order valence-electron chi connectivity index (χ0n) is 13.2. The van der Waals surface area contributed by atoms with Crippen LogP contribution in [0.2, 0.25) is 5.02 Å². The molecule has 2 N–H and O–H groups in total. The highest BCUT2D eigenvalue weighted by Gasteiger charge is 2.21. The predicted octanol–water partition coefficient (Wildman–Crippen LogP) is 3.70. The van der Waals surface area contributed by atoms with Crippen LogP contribution in [0.15, 0.2) is 12.1 Å². The summed E-state index contributed by atoms with van der Waals surface area (Å²) in [5.41, 5.74) is 4.72. The first kappa shape index (κ1) is 18.1. The fourth-order valence-corrected chi connectivity index (χ4v) is 2.97. The van der Waals surface area contributed by atoms with E-state index in [2.05, 4.69) is 11.8 Å². The summed E-state index contributed by atoms with van der Waals surface area (Å²) in [6, 6.07) is 2.33. The number of carbonyl (C=O) groups excluding carboxylic acids is 1. The van der Waals surface area contributed by atoms with Crippen molar-refractivity contribution in [2.24, 2.45) is 11.7 Å². The average Bonchev–Trinajstić information content (AvgIpc) is 2.56. The van der Waals surface area contributed by atoms with Crippen LogP contribution in [0.4, 0.5) is 5.69 Å².